The molecule has 21 heavy (non-hydrogen) atoms. The van der Waals surface area contributed by atoms with Crippen LogP contribution in [0.25, 0.3) is 0 Å². The first-order chi connectivity index (χ1) is 9.74. The highest BCUT2D eigenvalue weighted by Gasteiger charge is 2.51. The lowest BCUT2D eigenvalue weighted by atomic mass is 10.2. The number of unbranched alkanes of at least 4 members (excludes halogenated alkanes) is 3. The molecular formula is C10H12Br3NO4S3. The molecule has 120 valence electrons. The number of hydrogen-bond acceptors (Lipinski definition) is 5. The van der Waals surface area contributed by atoms with E-state index < -0.39 is 20.0 Å². The molecule has 0 unspecified atom stereocenters. The molecule has 0 spiro atoms. The zero-order valence-corrected chi connectivity index (χ0v) is 17.9. The molecule has 1 aliphatic heterocycles. The number of rotatable bonds is 6. The van der Waals surface area contributed by atoms with Gasteiger partial charge in [0.15, 0.2) is 0 Å². The third-order valence-electron chi connectivity index (χ3n) is 3.02. The van der Waals surface area contributed by atoms with Crippen molar-refractivity contribution in [2.45, 2.75) is 35.5 Å². The van der Waals surface area contributed by atoms with E-state index in [4.69, 9.17) is 0 Å². The average Bonchev–Trinajstić information content (AvgIpc) is 2.76. The summed E-state index contributed by atoms with van der Waals surface area (Å²) >= 11 is 10.7. The predicted octanol–water partition coefficient (Wildman–Crippen LogP) is 3.92. The van der Waals surface area contributed by atoms with Gasteiger partial charge in [-0.15, -0.1) is 11.3 Å². The maximum Gasteiger partial charge on any atom is 0.259 e. The van der Waals surface area contributed by atoms with E-state index in [1.54, 1.807) is 0 Å². The lowest BCUT2D eigenvalue weighted by Crippen LogP contribution is -2.31. The molecule has 0 saturated carbocycles. The molecular weight excluding hydrogens is 534 g/mol. The summed E-state index contributed by atoms with van der Waals surface area (Å²) in [5, 5.41) is 0.893. The van der Waals surface area contributed by atoms with Crippen LogP contribution in [0, 0.1) is 0 Å². The van der Waals surface area contributed by atoms with Crippen LogP contribution in [-0.4, -0.2) is 32.4 Å². The van der Waals surface area contributed by atoms with E-state index in [1.165, 1.54) is 0 Å². The molecule has 1 aromatic rings. The van der Waals surface area contributed by atoms with Crippen LogP contribution in [0.4, 0.5) is 0 Å². The topological polar surface area (TPSA) is 71.5 Å². The maximum absolute atomic E-state index is 12.4. The zero-order valence-electron chi connectivity index (χ0n) is 10.7. The van der Waals surface area contributed by atoms with Gasteiger partial charge in [0.1, 0.15) is 9.79 Å². The highest BCUT2D eigenvalue weighted by molar-refractivity contribution is 9.12. The van der Waals surface area contributed by atoms with Crippen molar-refractivity contribution in [1.82, 2.24) is 3.71 Å². The van der Waals surface area contributed by atoms with Gasteiger partial charge in [0.05, 0.1) is 7.57 Å². The average molecular weight is 546 g/mol. The Kier molecular flexibility index (Phi) is 5.99. The highest BCUT2D eigenvalue weighted by Crippen LogP contribution is 2.49. The number of sulfonamides is 2. The summed E-state index contributed by atoms with van der Waals surface area (Å²) < 4.78 is 51.1. The van der Waals surface area contributed by atoms with Gasteiger partial charge in [0, 0.05) is 11.9 Å². The molecule has 0 radical (unpaired) electrons. The zero-order chi connectivity index (χ0) is 15.8. The van der Waals surface area contributed by atoms with Crippen molar-refractivity contribution in [1.29, 1.82) is 0 Å². The van der Waals surface area contributed by atoms with Gasteiger partial charge in [-0.05, 0) is 44.7 Å². The van der Waals surface area contributed by atoms with Gasteiger partial charge >= 0.3 is 0 Å². The van der Waals surface area contributed by atoms with Crippen molar-refractivity contribution in [2.75, 3.05) is 11.9 Å². The summed E-state index contributed by atoms with van der Waals surface area (Å²) in [6.45, 7) is -0.00875. The molecule has 0 fully saturated rings. The number of halogens is 3. The van der Waals surface area contributed by atoms with Crippen LogP contribution >= 0.6 is 59.1 Å². The molecule has 0 atom stereocenters. The summed E-state index contributed by atoms with van der Waals surface area (Å²) in [5.41, 5.74) is 0. The van der Waals surface area contributed by atoms with Crippen LogP contribution < -0.4 is 0 Å². The number of nitrogens with zero attached hydrogens (tertiary/aromatic N) is 1. The van der Waals surface area contributed by atoms with E-state index in [2.05, 4.69) is 47.8 Å². The number of alkyl halides is 1. The molecule has 5 nitrogen and oxygen atoms in total. The Bertz CT molecular complexity index is 687. The van der Waals surface area contributed by atoms with Gasteiger partial charge < -0.3 is 0 Å². The number of fused-ring (bicyclic) bond motifs is 1. The Hall–Kier alpha value is 1.000. The van der Waals surface area contributed by atoms with Crippen molar-refractivity contribution < 1.29 is 16.8 Å². The second-order valence-corrected chi connectivity index (χ2v) is 12.7. The van der Waals surface area contributed by atoms with Gasteiger partial charge in [-0.3, -0.25) is 0 Å². The van der Waals surface area contributed by atoms with E-state index >= 15 is 0 Å². The van der Waals surface area contributed by atoms with Gasteiger partial charge in [-0.2, -0.15) is 0 Å². The van der Waals surface area contributed by atoms with Crippen LogP contribution in [0.1, 0.15) is 25.7 Å². The molecule has 0 aromatic carbocycles. The highest BCUT2D eigenvalue weighted by atomic mass is 79.9. The lowest BCUT2D eigenvalue weighted by molar-refractivity contribution is 0.493. The van der Waals surface area contributed by atoms with Crippen molar-refractivity contribution in [3.63, 3.8) is 0 Å². The van der Waals surface area contributed by atoms with Crippen LogP contribution in [0.2, 0.25) is 0 Å². The van der Waals surface area contributed by atoms with Crippen molar-refractivity contribution in [3.05, 3.63) is 7.57 Å². The monoisotopic (exact) mass is 543 g/mol. The molecule has 2 heterocycles. The minimum Gasteiger partial charge on any atom is -0.206 e. The second kappa shape index (κ2) is 6.86. The van der Waals surface area contributed by atoms with E-state index in [0.29, 0.717) is 17.7 Å². The van der Waals surface area contributed by atoms with Crippen LogP contribution in [0.5, 0.6) is 0 Å². The fourth-order valence-corrected chi connectivity index (χ4v) is 11.8. The summed E-state index contributed by atoms with van der Waals surface area (Å²) in [5.74, 6) is 0. The Labute approximate surface area is 153 Å². The Morgan fingerprint density at radius 1 is 0.857 bits per heavy atom. The minimum absolute atomic E-state index is 0.00875. The fourth-order valence-electron chi connectivity index (χ4n) is 2.05. The Morgan fingerprint density at radius 3 is 1.81 bits per heavy atom. The number of hydrogen-bond donors (Lipinski definition) is 0. The molecule has 0 aliphatic carbocycles. The van der Waals surface area contributed by atoms with E-state index in [9.17, 15) is 16.8 Å². The standard InChI is InChI=1S/C10H12Br3NO4S3/c11-5-3-1-2-4-6-14-20(15,16)7-8(21(14,17)18)10(13)19-9(7)12/h1-6H2. The van der Waals surface area contributed by atoms with Crippen LogP contribution in [0.3, 0.4) is 0 Å². The Balaban J connectivity index is 2.28. The largest absolute Gasteiger partial charge is 0.259 e. The first-order valence-corrected chi connectivity index (χ1v) is 12.5. The molecule has 0 bridgehead atoms. The minimum atomic E-state index is -3.99. The Morgan fingerprint density at radius 2 is 1.33 bits per heavy atom. The third-order valence-corrected chi connectivity index (χ3v) is 11.5. The molecule has 2 rings (SSSR count). The maximum atomic E-state index is 12.4. The van der Waals surface area contributed by atoms with E-state index in [0.717, 1.165) is 35.9 Å². The van der Waals surface area contributed by atoms with E-state index in [-0.39, 0.29) is 16.3 Å². The molecule has 0 N–H and O–H groups in total. The quantitative estimate of drug-likeness (QED) is 0.401. The summed E-state index contributed by atoms with van der Waals surface area (Å²) in [6.07, 6.45) is 3.24. The SMILES string of the molecule is O=S1(=O)c2c(Br)sc(Br)c2S(=O)(=O)N1CCCCCCBr. The molecule has 0 amide bonds. The molecule has 1 aliphatic rings. The van der Waals surface area contributed by atoms with Gasteiger partial charge in [0.25, 0.3) is 20.0 Å². The van der Waals surface area contributed by atoms with Crippen molar-refractivity contribution in [2.24, 2.45) is 0 Å². The fraction of sp³-hybridized carbons (Fsp3) is 0.600. The van der Waals surface area contributed by atoms with Crippen LogP contribution in [0.15, 0.2) is 17.4 Å². The lowest BCUT2D eigenvalue weighted by Gasteiger charge is -2.14. The predicted molar refractivity (Wildman–Crippen MR) is 93.1 cm³/mol. The van der Waals surface area contributed by atoms with Gasteiger partial charge in [-0.25, -0.2) is 16.8 Å². The summed E-state index contributed by atoms with van der Waals surface area (Å²) in [7, 11) is -7.97. The van der Waals surface area contributed by atoms with Gasteiger partial charge in [0.2, 0.25) is 0 Å². The van der Waals surface area contributed by atoms with Crippen LogP contribution in [-0.2, 0) is 20.0 Å². The first kappa shape index (κ1) is 18.3. The first-order valence-electron chi connectivity index (χ1n) is 6.06. The summed E-state index contributed by atoms with van der Waals surface area (Å²) in [4.78, 5) is -0.278. The molecule has 0 saturated heterocycles. The normalized spacial score (nSPS) is 19.8. The number of thiophene rings is 1. The summed E-state index contributed by atoms with van der Waals surface area (Å²) in [6, 6.07) is 0. The second-order valence-electron chi connectivity index (χ2n) is 4.42. The third kappa shape index (κ3) is 3.29. The molecule has 11 heteroatoms. The van der Waals surface area contributed by atoms with Crippen molar-refractivity contribution in [3.8, 4) is 0 Å². The van der Waals surface area contributed by atoms with Gasteiger partial charge in [-0.1, -0.05) is 32.5 Å². The molecule has 1 aromatic heterocycles. The van der Waals surface area contributed by atoms with Crippen molar-refractivity contribution >= 4 is 79.2 Å². The van der Waals surface area contributed by atoms with E-state index in [1.807, 2.05) is 0 Å². The smallest absolute Gasteiger partial charge is 0.206 e.